The molecule has 0 saturated carbocycles. The monoisotopic (exact) mass is 317 g/mol. The fourth-order valence-corrected chi connectivity index (χ4v) is 2.93. The largest absolute Gasteiger partial charge is 0.394 e. The lowest BCUT2D eigenvalue weighted by atomic mass is 10.1. The van der Waals surface area contributed by atoms with Crippen molar-refractivity contribution in [1.82, 2.24) is 5.32 Å². The summed E-state index contributed by atoms with van der Waals surface area (Å²) in [5, 5.41) is 13.1. The lowest BCUT2D eigenvalue weighted by molar-refractivity contribution is -0.136. The molecule has 2 unspecified atom stereocenters. The Balaban J connectivity index is 2.10. The van der Waals surface area contributed by atoms with Crippen LogP contribution in [0.25, 0.3) is 0 Å². The average Bonchev–Trinajstić information content (AvgIpc) is 2.46. The molecule has 1 amide bonds. The van der Waals surface area contributed by atoms with Gasteiger partial charge < -0.3 is 15.2 Å². The van der Waals surface area contributed by atoms with Gasteiger partial charge in [-0.2, -0.15) is 0 Å². The molecule has 1 aliphatic heterocycles. The van der Waals surface area contributed by atoms with Crippen molar-refractivity contribution in [3.63, 3.8) is 0 Å². The van der Waals surface area contributed by atoms with Gasteiger partial charge in [0.2, 0.25) is 5.91 Å². The standard InChI is InChI=1S/C14H17Cl2NO3/c15-9-4-3-5-10(16)13(9)11(8-18)17-14(19)12-6-1-2-7-20-12/h3-5,11-12,18H,1-2,6-8H2,(H,17,19). The van der Waals surface area contributed by atoms with Crippen LogP contribution in [0.2, 0.25) is 10.0 Å². The van der Waals surface area contributed by atoms with Crippen molar-refractivity contribution in [2.45, 2.75) is 31.4 Å². The van der Waals surface area contributed by atoms with Gasteiger partial charge >= 0.3 is 0 Å². The van der Waals surface area contributed by atoms with Crippen LogP contribution < -0.4 is 5.32 Å². The predicted molar refractivity (Wildman–Crippen MR) is 78.0 cm³/mol. The Bertz CT molecular complexity index is 455. The van der Waals surface area contributed by atoms with Gasteiger partial charge in [0.1, 0.15) is 6.10 Å². The minimum atomic E-state index is -0.630. The molecular weight excluding hydrogens is 301 g/mol. The highest BCUT2D eigenvalue weighted by Gasteiger charge is 2.26. The number of aliphatic hydroxyl groups is 1. The highest BCUT2D eigenvalue weighted by atomic mass is 35.5. The summed E-state index contributed by atoms with van der Waals surface area (Å²) < 4.78 is 5.42. The van der Waals surface area contributed by atoms with Gasteiger partial charge in [-0.05, 0) is 31.4 Å². The number of hydrogen-bond donors (Lipinski definition) is 2. The number of amides is 1. The van der Waals surface area contributed by atoms with Crippen LogP contribution in [-0.4, -0.2) is 30.3 Å². The second-order valence-corrected chi connectivity index (χ2v) is 5.55. The number of carbonyl (C=O) groups excluding carboxylic acids is 1. The summed E-state index contributed by atoms with van der Waals surface area (Å²) >= 11 is 12.2. The molecule has 1 saturated heterocycles. The minimum Gasteiger partial charge on any atom is -0.394 e. The van der Waals surface area contributed by atoms with Crippen molar-refractivity contribution < 1.29 is 14.6 Å². The van der Waals surface area contributed by atoms with Crippen LogP contribution in [0.15, 0.2) is 18.2 Å². The zero-order valence-corrected chi connectivity index (χ0v) is 12.5. The van der Waals surface area contributed by atoms with E-state index in [1.165, 1.54) is 0 Å². The van der Waals surface area contributed by atoms with Crippen LogP contribution >= 0.6 is 23.2 Å². The van der Waals surface area contributed by atoms with E-state index in [0.29, 0.717) is 28.6 Å². The Morgan fingerprint density at radius 1 is 1.40 bits per heavy atom. The molecule has 0 bridgehead atoms. The first kappa shape index (κ1) is 15.6. The molecule has 2 rings (SSSR count). The molecule has 1 fully saturated rings. The zero-order valence-electron chi connectivity index (χ0n) is 10.9. The SMILES string of the molecule is O=C(NC(CO)c1c(Cl)cccc1Cl)C1CCCCO1. The Hall–Kier alpha value is -0.810. The molecule has 1 aromatic rings. The van der Waals surface area contributed by atoms with Crippen LogP contribution in [0.1, 0.15) is 30.9 Å². The third-order valence-corrected chi connectivity index (χ3v) is 3.98. The summed E-state index contributed by atoms with van der Waals surface area (Å²) in [6, 6.07) is 4.44. The van der Waals surface area contributed by atoms with Gasteiger partial charge in [0.05, 0.1) is 12.6 Å². The van der Waals surface area contributed by atoms with E-state index in [2.05, 4.69) is 5.32 Å². The molecule has 0 radical (unpaired) electrons. The van der Waals surface area contributed by atoms with E-state index in [0.717, 1.165) is 12.8 Å². The Morgan fingerprint density at radius 2 is 2.10 bits per heavy atom. The first-order valence-corrected chi connectivity index (χ1v) is 7.36. The molecule has 2 atom stereocenters. The molecule has 0 aliphatic carbocycles. The summed E-state index contributed by atoms with van der Waals surface area (Å²) in [6.07, 6.45) is 2.18. The topological polar surface area (TPSA) is 58.6 Å². The van der Waals surface area contributed by atoms with Gasteiger partial charge in [-0.1, -0.05) is 29.3 Å². The van der Waals surface area contributed by atoms with Gasteiger partial charge in [-0.15, -0.1) is 0 Å². The number of hydrogen-bond acceptors (Lipinski definition) is 3. The van der Waals surface area contributed by atoms with Crippen LogP contribution in [0.4, 0.5) is 0 Å². The van der Waals surface area contributed by atoms with Crippen LogP contribution in [0, 0.1) is 0 Å². The first-order valence-electron chi connectivity index (χ1n) is 6.60. The van der Waals surface area contributed by atoms with Crippen molar-refractivity contribution in [3.05, 3.63) is 33.8 Å². The molecule has 0 aromatic heterocycles. The number of halogens is 2. The van der Waals surface area contributed by atoms with Crippen molar-refractivity contribution in [2.24, 2.45) is 0 Å². The number of carbonyl (C=O) groups is 1. The fourth-order valence-electron chi connectivity index (χ4n) is 2.26. The summed E-state index contributed by atoms with van der Waals surface area (Å²) in [7, 11) is 0. The van der Waals surface area contributed by atoms with Crippen LogP contribution in [0.5, 0.6) is 0 Å². The first-order chi connectivity index (χ1) is 9.63. The van der Waals surface area contributed by atoms with Crippen molar-refractivity contribution in [1.29, 1.82) is 0 Å². The molecule has 4 nitrogen and oxygen atoms in total. The minimum absolute atomic E-state index is 0.236. The molecule has 1 aliphatic rings. The third-order valence-electron chi connectivity index (χ3n) is 3.32. The third kappa shape index (κ3) is 3.64. The van der Waals surface area contributed by atoms with Gasteiger partial charge in [0.15, 0.2) is 0 Å². The van der Waals surface area contributed by atoms with Crippen molar-refractivity contribution >= 4 is 29.1 Å². The van der Waals surface area contributed by atoms with E-state index >= 15 is 0 Å². The van der Waals surface area contributed by atoms with E-state index in [9.17, 15) is 9.90 Å². The predicted octanol–water partition coefficient (Wildman–Crippen LogP) is 2.71. The molecular formula is C14H17Cl2NO3. The smallest absolute Gasteiger partial charge is 0.249 e. The van der Waals surface area contributed by atoms with Gasteiger partial charge in [0, 0.05) is 22.2 Å². The Morgan fingerprint density at radius 3 is 2.65 bits per heavy atom. The lowest BCUT2D eigenvalue weighted by Crippen LogP contribution is -2.41. The zero-order chi connectivity index (χ0) is 14.5. The van der Waals surface area contributed by atoms with Gasteiger partial charge in [-0.3, -0.25) is 4.79 Å². The summed E-state index contributed by atoms with van der Waals surface area (Å²) in [4.78, 5) is 12.1. The van der Waals surface area contributed by atoms with E-state index in [-0.39, 0.29) is 12.5 Å². The van der Waals surface area contributed by atoms with Gasteiger partial charge in [0.25, 0.3) is 0 Å². The molecule has 0 spiro atoms. The molecule has 1 aromatic carbocycles. The molecule has 20 heavy (non-hydrogen) atoms. The fraction of sp³-hybridized carbons (Fsp3) is 0.500. The summed E-state index contributed by atoms with van der Waals surface area (Å²) in [6.45, 7) is 0.316. The molecule has 1 heterocycles. The Kier molecular flexibility index (Phi) is 5.66. The van der Waals surface area contributed by atoms with E-state index < -0.39 is 12.1 Å². The summed E-state index contributed by atoms with van der Waals surface area (Å²) in [5.74, 6) is -0.236. The van der Waals surface area contributed by atoms with E-state index in [1.54, 1.807) is 18.2 Å². The number of nitrogens with one attached hydrogen (secondary N) is 1. The lowest BCUT2D eigenvalue weighted by Gasteiger charge is -2.25. The van der Waals surface area contributed by atoms with Crippen molar-refractivity contribution in [3.8, 4) is 0 Å². The average molecular weight is 318 g/mol. The van der Waals surface area contributed by atoms with Crippen LogP contribution in [0.3, 0.4) is 0 Å². The maximum atomic E-state index is 12.1. The Labute approximate surface area is 128 Å². The number of rotatable bonds is 4. The summed E-state index contributed by atoms with van der Waals surface area (Å²) in [5.41, 5.74) is 0.530. The normalized spacial score (nSPS) is 20.4. The number of benzene rings is 1. The second kappa shape index (κ2) is 7.27. The number of ether oxygens (including phenoxy) is 1. The molecule has 6 heteroatoms. The highest BCUT2D eigenvalue weighted by molar-refractivity contribution is 6.36. The molecule has 2 N–H and O–H groups in total. The van der Waals surface area contributed by atoms with E-state index in [4.69, 9.17) is 27.9 Å². The maximum absolute atomic E-state index is 12.1. The van der Waals surface area contributed by atoms with Crippen LogP contribution in [-0.2, 0) is 9.53 Å². The highest BCUT2D eigenvalue weighted by Crippen LogP contribution is 2.30. The second-order valence-electron chi connectivity index (χ2n) is 4.73. The van der Waals surface area contributed by atoms with E-state index in [1.807, 2.05) is 0 Å². The maximum Gasteiger partial charge on any atom is 0.249 e. The number of aliphatic hydroxyl groups excluding tert-OH is 1. The molecule has 110 valence electrons. The van der Waals surface area contributed by atoms with Gasteiger partial charge in [-0.25, -0.2) is 0 Å². The quantitative estimate of drug-likeness (QED) is 0.897. The van der Waals surface area contributed by atoms with Crippen molar-refractivity contribution in [2.75, 3.05) is 13.2 Å².